The first-order valence-corrected chi connectivity index (χ1v) is 7.78. The molecule has 1 fully saturated rings. The highest BCUT2D eigenvalue weighted by Gasteiger charge is 2.22. The van der Waals surface area contributed by atoms with Crippen molar-refractivity contribution in [3.8, 4) is 5.75 Å². The normalized spacial score (nSPS) is 24.7. The number of fused-ring (bicyclic) bond motifs is 1. The second-order valence-electron chi connectivity index (χ2n) is 6.04. The van der Waals surface area contributed by atoms with Gasteiger partial charge in [-0.15, -0.1) is 0 Å². The highest BCUT2D eigenvalue weighted by Crippen LogP contribution is 2.37. The smallest absolute Gasteiger partial charge is 0.262 e. The van der Waals surface area contributed by atoms with Crippen molar-refractivity contribution in [3.63, 3.8) is 0 Å². The molecule has 0 atom stereocenters. The van der Waals surface area contributed by atoms with Gasteiger partial charge in [0, 0.05) is 12.1 Å². The van der Waals surface area contributed by atoms with Crippen LogP contribution in [0.5, 0.6) is 5.75 Å². The molecule has 1 aromatic rings. The maximum atomic E-state index is 11.4. The van der Waals surface area contributed by atoms with E-state index >= 15 is 0 Å². The van der Waals surface area contributed by atoms with Crippen LogP contribution in [0.2, 0.25) is 0 Å². The number of carbonyl (C=O) groups is 1. The second kappa shape index (κ2) is 5.84. The van der Waals surface area contributed by atoms with Crippen molar-refractivity contribution in [1.29, 1.82) is 0 Å². The minimum absolute atomic E-state index is 0.0558. The third-order valence-corrected chi connectivity index (χ3v) is 4.57. The fraction of sp³-hybridized carbons (Fsp3) is 0.562. The van der Waals surface area contributed by atoms with E-state index in [1.807, 2.05) is 6.07 Å². The molecule has 0 aromatic heterocycles. The third kappa shape index (κ3) is 3.06. The van der Waals surface area contributed by atoms with Crippen molar-refractivity contribution in [1.82, 2.24) is 0 Å². The van der Waals surface area contributed by atoms with Crippen LogP contribution in [0, 0.1) is 5.92 Å². The number of nitrogen functional groups attached to an aromatic ring is 1. The Hall–Kier alpha value is -1.91. The topological polar surface area (TPSA) is 76.4 Å². The highest BCUT2D eigenvalue weighted by atomic mass is 16.5. The van der Waals surface area contributed by atoms with E-state index in [1.54, 1.807) is 6.07 Å². The summed E-state index contributed by atoms with van der Waals surface area (Å²) in [4.78, 5) is 11.4. The van der Waals surface area contributed by atoms with Gasteiger partial charge < -0.3 is 21.1 Å². The molecule has 0 bridgehead atoms. The molecular formula is C16H23N3O2. The average molecular weight is 289 g/mol. The molecule has 0 unspecified atom stereocenters. The quantitative estimate of drug-likeness (QED) is 0.748. The maximum absolute atomic E-state index is 11.4. The van der Waals surface area contributed by atoms with Gasteiger partial charge in [0.2, 0.25) is 0 Å². The molecule has 0 spiro atoms. The zero-order valence-corrected chi connectivity index (χ0v) is 12.4. The van der Waals surface area contributed by atoms with E-state index in [0.717, 1.165) is 11.6 Å². The number of carbonyl (C=O) groups excluding carboxylic acids is 1. The van der Waals surface area contributed by atoms with Gasteiger partial charge in [-0.3, -0.25) is 4.79 Å². The fourth-order valence-corrected chi connectivity index (χ4v) is 3.20. The molecule has 5 nitrogen and oxygen atoms in total. The monoisotopic (exact) mass is 289 g/mol. The summed E-state index contributed by atoms with van der Waals surface area (Å²) in [5.74, 6) is 1.39. The first-order valence-electron chi connectivity index (χ1n) is 7.78. The number of anilines is 3. The lowest BCUT2D eigenvalue weighted by atomic mass is 9.84. The van der Waals surface area contributed by atoms with Crippen LogP contribution in [0.15, 0.2) is 12.1 Å². The van der Waals surface area contributed by atoms with E-state index < -0.39 is 0 Å². The Morgan fingerprint density at radius 2 is 2.10 bits per heavy atom. The molecule has 1 heterocycles. The Morgan fingerprint density at radius 3 is 2.81 bits per heavy atom. The summed E-state index contributed by atoms with van der Waals surface area (Å²) in [5.41, 5.74) is 8.35. The van der Waals surface area contributed by atoms with Gasteiger partial charge in [-0.05, 0) is 37.7 Å². The Labute approximate surface area is 125 Å². The summed E-state index contributed by atoms with van der Waals surface area (Å²) >= 11 is 0. The van der Waals surface area contributed by atoms with E-state index in [9.17, 15) is 4.79 Å². The maximum Gasteiger partial charge on any atom is 0.262 e. The summed E-state index contributed by atoms with van der Waals surface area (Å²) in [6.07, 6.45) is 6.19. The second-order valence-corrected chi connectivity index (χ2v) is 6.04. The van der Waals surface area contributed by atoms with Gasteiger partial charge in [0.1, 0.15) is 5.75 Å². The van der Waals surface area contributed by atoms with Gasteiger partial charge in [-0.25, -0.2) is 0 Å². The summed E-state index contributed by atoms with van der Waals surface area (Å²) in [7, 11) is 0. The number of hydrogen-bond acceptors (Lipinski definition) is 4. The minimum Gasteiger partial charge on any atom is -0.482 e. The number of ether oxygens (including phenoxy) is 1. The van der Waals surface area contributed by atoms with E-state index in [2.05, 4.69) is 17.6 Å². The fourth-order valence-electron chi connectivity index (χ4n) is 3.20. The zero-order valence-electron chi connectivity index (χ0n) is 12.4. The van der Waals surface area contributed by atoms with Crippen LogP contribution < -0.4 is 21.1 Å². The van der Waals surface area contributed by atoms with Crippen LogP contribution in [-0.4, -0.2) is 18.6 Å². The van der Waals surface area contributed by atoms with Crippen molar-refractivity contribution in [2.75, 3.05) is 23.0 Å². The lowest BCUT2D eigenvalue weighted by molar-refractivity contribution is -0.118. The molecule has 1 amide bonds. The molecule has 1 aliphatic heterocycles. The highest BCUT2D eigenvalue weighted by molar-refractivity contribution is 5.97. The van der Waals surface area contributed by atoms with Gasteiger partial charge in [0.05, 0.1) is 17.1 Å². The molecule has 1 saturated carbocycles. The lowest BCUT2D eigenvalue weighted by Crippen LogP contribution is -2.28. The molecule has 0 radical (unpaired) electrons. The van der Waals surface area contributed by atoms with Gasteiger partial charge in [-0.2, -0.15) is 0 Å². The van der Waals surface area contributed by atoms with Crippen molar-refractivity contribution in [2.45, 2.75) is 45.1 Å². The Balaban J connectivity index is 1.71. The van der Waals surface area contributed by atoms with Crippen LogP contribution in [0.1, 0.15) is 39.0 Å². The van der Waals surface area contributed by atoms with E-state index in [4.69, 9.17) is 10.5 Å². The number of benzene rings is 1. The molecule has 0 saturated heterocycles. The van der Waals surface area contributed by atoms with Crippen LogP contribution in [0.4, 0.5) is 17.1 Å². The first-order chi connectivity index (χ1) is 10.2. The average Bonchev–Trinajstić information content (AvgIpc) is 2.49. The Bertz CT molecular complexity index is 537. The van der Waals surface area contributed by atoms with Crippen LogP contribution in [0.25, 0.3) is 0 Å². The molecular weight excluding hydrogens is 266 g/mol. The Morgan fingerprint density at radius 1 is 1.33 bits per heavy atom. The molecule has 114 valence electrons. The van der Waals surface area contributed by atoms with Gasteiger partial charge in [0.15, 0.2) is 6.61 Å². The van der Waals surface area contributed by atoms with E-state index in [0.29, 0.717) is 23.2 Å². The molecule has 2 aliphatic rings. The van der Waals surface area contributed by atoms with E-state index in [-0.39, 0.29) is 12.5 Å². The van der Waals surface area contributed by atoms with Crippen molar-refractivity contribution in [2.24, 2.45) is 5.92 Å². The summed E-state index contributed by atoms with van der Waals surface area (Å²) in [5, 5.41) is 6.35. The number of nitrogens with one attached hydrogen (secondary N) is 2. The predicted molar refractivity (Wildman–Crippen MR) is 84.6 cm³/mol. The van der Waals surface area contributed by atoms with Crippen LogP contribution in [-0.2, 0) is 4.79 Å². The van der Waals surface area contributed by atoms with E-state index in [1.165, 1.54) is 32.1 Å². The number of amides is 1. The summed E-state index contributed by atoms with van der Waals surface area (Å²) < 4.78 is 5.37. The number of rotatable bonds is 3. The SMILES string of the molecule is CCC1CCC(Nc2cc3c(cc2N)OCC(=O)N3)CC1. The van der Waals surface area contributed by atoms with Crippen LogP contribution >= 0.6 is 0 Å². The van der Waals surface area contributed by atoms with Crippen molar-refractivity contribution >= 4 is 23.0 Å². The van der Waals surface area contributed by atoms with Crippen molar-refractivity contribution in [3.05, 3.63) is 12.1 Å². The molecule has 3 rings (SSSR count). The third-order valence-electron chi connectivity index (χ3n) is 4.57. The van der Waals surface area contributed by atoms with Crippen LogP contribution in [0.3, 0.4) is 0 Å². The largest absolute Gasteiger partial charge is 0.482 e. The standard InChI is InChI=1S/C16H23N3O2/c1-2-10-3-5-11(6-4-10)18-13-8-14-15(7-12(13)17)21-9-16(20)19-14/h7-8,10-11,18H,2-6,9,17H2,1H3,(H,19,20). The lowest BCUT2D eigenvalue weighted by Gasteiger charge is -2.30. The van der Waals surface area contributed by atoms with Gasteiger partial charge in [0.25, 0.3) is 5.91 Å². The molecule has 4 N–H and O–H groups in total. The summed E-state index contributed by atoms with van der Waals surface area (Å²) in [6.45, 7) is 2.32. The first kappa shape index (κ1) is 14.0. The Kier molecular flexibility index (Phi) is 3.90. The zero-order chi connectivity index (χ0) is 14.8. The number of hydrogen-bond donors (Lipinski definition) is 3. The molecule has 1 aliphatic carbocycles. The molecule has 5 heteroatoms. The van der Waals surface area contributed by atoms with Gasteiger partial charge in [-0.1, -0.05) is 13.3 Å². The number of nitrogens with two attached hydrogens (primary N) is 1. The van der Waals surface area contributed by atoms with Crippen molar-refractivity contribution < 1.29 is 9.53 Å². The minimum atomic E-state index is -0.123. The molecule has 1 aromatic carbocycles. The predicted octanol–water partition coefficient (Wildman–Crippen LogP) is 2.98. The molecule has 21 heavy (non-hydrogen) atoms. The van der Waals surface area contributed by atoms with Gasteiger partial charge >= 0.3 is 0 Å². The summed E-state index contributed by atoms with van der Waals surface area (Å²) in [6, 6.07) is 4.14.